The molecule has 2 atom stereocenters. The van der Waals surface area contributed by atoms with Gasteiger partial charge in [-0.15, -0.1) is 6.58 Å². The molecule has 20 heavy (non-hydrogen) atoms. The first kappa shape index (κ1) is 15.3. The van der Waals surface area contributed by atoms with Crippen molar-refractivity contribution in [2.24, 2.45) is 11.7 Å². The van der Waals surface area contributed by atoms with Crippen LogP contribution in [-0.2, 0) is 6.54 Å². The number of allylic oxidation sites excluding steroid dienone is 1. The predicted octanol–water partition coefficient (Wildman–Crippen LogP) is 1.76. The minimum Gasteiger partial charge on any atom is -0.365 e. The van der Waals surface area contributed by atoms with E-state index in [1.807, 2.05) is 0 Å². The van der Waals surface area contributed by atoms with Gasteiger partial charge in [0.05, 0.1) is 18.4 Å². The van der Waals surface area contributed by atoms with Crippen LogP contribution >= 0.6 is 15.9 Å². The molecule has 0 bridgehead atoms. The Hall–Kier alpha value is -1.14. The quantitative estimate of drug-likeness (QED) is 0.848. The lowest BCUT2D eigenvalue weighted by Crippen LogP contribution is -2.47. The second-order valence-corrected chi connectivity index (χ2v) is 6.13. The molecule has 1 fully saturated rings. The smallest absolute Gasteiger partial charge is 0.283 e. The highest BCUT2D eigenvalue weighted by molar-refractivity contribution is 9.10. The third kappa shape index (κ3) is 2.96. The van der Waals surface area contributed by atoms with E-state index in [0.717, 1.165) is 25.1 Å². The third-order valence-electron chi connectivity index (χ3n) is 3.83. The average Bonchev–Trinajstić information content (AvgIpc) is 2.45. The molecular formula is C14H21BrN4O. The number of nitrogens with two attached hydrogens (primary N) is 1. The molecule has 1 saturated heterocycles. The summed E-state index contributed by atoms with van der Waals surface area (Å²) in [4.78, 5) is 14.4. The molecule has 1 aromatic heterocycles. The van der Waals surface area contributed by atoms with Gasteiger partial charge in [0, 0.05) is 19.1 Å². The van der Waals surface area contributed by atoms with E-state index in [4.69, 9.17) is 5.73 Å². The fourth-order valence-corrected chi connectivity index (χ4v) is 3.24. The summed E-state index contributed by atoms with van der Waals surface area (Å²) in [6.45, 7) is 7.79. The highest BCUT2D eigenvalue weighted by Crippen LogP contribution is 2.30. The Labute approximate surface area is 127 Å². The Morgan fingerprint density at radius 2 is 2.40 bits per heavy atom. The Kier molecular flexibility index (Phi) is 4.99. The molecule has 0 aromatic carbocycles. The van der Waals surface area contributed by atoms with Crippen LogP contribution in [0.15, 0.2) is 28.1 Å². The second-order valence-electron chi connectivity index (χ2n) is 5.33. The van der Waals surface area contributed by atoms with Gasteiger partial charge in [-0.05, 0) is 34.7 Å². The summed E-state index contributed by atoms with van der Waals surface area (Å²) >= 11 is 3.42. The van der Waals surface area contributed by atoms with Crippen molar-refractivity contribution < 1.29 is 0 Å². The van der Waals surface area contributed by atoms with Crippen molar-refractivity contribution >= 4 is 21.6 Å². The zero-order chi connectivity index (χ0) is 14.7. The SMILES string of the molecule is C=CCn1ncc(N2CCC(C)CC2CN)c(Br)c1=O. The van der Waals surface area contributed by atoms with Gasteiger partial charge in [-0.2, -0.15) is 5.10 Å². The molecule has 2 heterocycles. The maximum absolute atomic E-state index is 12.2. The van der Waals surface area contributed by atoms with E-state index >= 15 is 0 Å². The van der Waals surface area contributed by atoms with Crippen LogP contribution in [0.25, 0.3) is 0 Å². The normalized spacial score (nSPS) is 22.9. The van der Waals surface area contributed by atoms with Gasteiger partial charge in [0.15, 0.2) is 0 Å². The molecule has 0 aliphatic carbocycles. The number of hydrogen-bond donors (Lipinski definition) is 1. The summed E-state index contributed by atoms with van der Waals surface area (Å²) < 4.78 is 1.95. The van der Waals surface area contributed by atoms with Gasteiger partial charge in [0.2, 0.25) is 0 Å². The molecule has 0 saturated carbocycles. The maximum atomic E-state index is 12.2. The first-order chi connectivity index (χ1) is 9.58. The van der Waals surface area contributed by atoms with Crippen molar-refractivity contribution in [3.8, 4) is 0 Å². The fourth-order valence-electron chi connectivity index (χ4n) is 2.70. The Bertz CT molecular complexity index is 542. The summed E-state index contributed by atoms with van der Waals surface area (Å²) in [5, 5.41) is 4.21. The van der Waals surface area contributed by atoms with Crippen LogP contribution in [0.4, 0.5) is 5.69 Å². The van der Waals surface area contributed by atoms with Crippen LogP contribution in [-0.4, -0.2) is 28.9 Å². The molecule has 1 aromatic rings. The topological polar surface area (TPSA) is 64.2 Å². The summed E-state index contributed by atoms with van der Waals surface area (Å²) in [6.07, 6.45) is 5.57. The van der Waals surface area contributed by atoms with Crippen molar-refractivity contribution in [2.45, 2.75) is 32.4 Å². The Balaban J connectivity index is 2.35. The van der Waals surface area contributed by atoms with Crippen LogP contribution in [0.3, 0.4) is 0 Å². The molecule has 0 radical (unpaired) electrons. The van der Waals surface area contributed by atoms with Crippen LogP contribution < -0.4 is 16.2 Å². The first-order valence-corrected chi connectivity index (χ1v) is 7.71. The molecule has 1 aliphatic rings. The van der Waals surface area contributed by atoms with Gasteiger partial charge in [-0.25, -0.2) is 4.68 Å². The van der Waals surface area contributed by atoms with Gasteiger partial charge in [-0.1, -0.05) is 13.0 Å². The summed E-state index contributed by atoms with van der Waals surface area (Å²) in [7, 11) is 0. The van der Waals surface area contributed by atoms with E-state index in [9.17, 15) is 4.79 Å². The molecule has 5 nitrogen and oxygen atoms in total. The molecule has 0 amide bonds. The summed E-state index contributed by atoms with van der Waals surface area (Å²) in [5.74, 6) is 0.674. The number of hydrogen-bond acceptors (Lipinski definition) is 4. The highest BCUT2D eigenvalue weighted by Gasteiger charge is 2.27. The molecule has 2 rings (SSSR count). The number of halogens is 1. The van der Waals surface area contributed by atoms with Gasteiger partial charge in [0.25, 0.3) is 5.56 Å². The van der Waals surface area contributed by atoms with Gasteiger partial charge >= 0.3 is 0 Å². The van der Waals surface area contributed by atoms with Crippen molar-refractivity contribution in [1.29, 1.82) is 0 Å². The molecule has 110 valence electrons. The van der Waals surface area contributed by atoms with Gasteiger partial charge < -0.3 is 10.6 Å². The minimum absolute atomic E-state index is 0.128. The van der Waals surface area contributed by atoms with Gasteiger partial charge in [0.1, 0.15) is 4.47 Å². The van der Waals surface area contributed by atoms with E-state index < -0.39 is 0 Å². The molecular weight excluding hydrogens is 320 g/mol. The molecule has 0 spiro atoms. The standard InChI is InChI=1S/C14H21BrN4O/c1-3-5-19-14(20)13(15)12(9-17-19)18-6-4-10(2)7-11(18)8-16/h3,9-11H,1,4-8,16H2,2H3. The maximum Gasteiger partial charge on any atom is 0.283 e. The summed E-state index contributed by atoms with van der Waals surface area (Å²) in [6, 6.07) is 0.270. The summed E-state index contributed by atoms with van der Waals surface area (Å²) in [5.41, 5.74) is 6.60. The molecule has 6 heteroatoms. The van der Waals surface area contributed by atoms with Crippen molar-refractivity contribution in [1.82, 2.24) is 9.78 Å². The van der Waals surface area contributed by atoms with E-state index in [0.29, 0.717) is 23.5 Å². The Morgan fingerprint density at radius 1 is 1.65 bits per heavy atom. The van der Waals surface area contributed by atoms with Gasteiger partial charge in [-0.3, -0.25) is 4.79 Å². The number of nitrogens with zero attached hydrogens (tertiary/aromatic N) is 3. The molecule has 2 N–H and O–H groups in total. The van der Waals surface area contributed by atoms with E-state index in [2.05, 4.69) is 39.4 Å². The van der Waals surface area contributed by atoms with Crippen LogP contribution in [0.2, 0.25) is 0 Å². The predicted molar refractivity (Wildman–Crippen MR) is 85.0 cm³/mol. The van der Waals surface area contributed by atoms with Crippen LogP contribution in [0, 0.1) is 5.92 Å². The third-order valence-corrected chi connectivity index (χ3v) is 4.57. The number of aromatic nitrogens is 2. The molecule has 2 unspecified atom stereocenters. The van der Waals surface area contributed by atoms with E-state index in [1.165, 1.54) is 4.68 Å². The average molecular weight is 341 g/mol. The lowest BCUT2D eigenvalue weighted by Gasteiger charge is -2.39. The van der Waals surface area contributed by atoms with Crippen molar-refractivity contribution in [3.05, 3.63) is 33.7 Å². The minimum atomic E-state index is -0.128. The number of piperidine rings is 1. The van der Waals surface area contributed by atoms with Crippen molar-refractivity contribution in [3.63, 3.8) is 0 Å². The number of anilines is 1. The second kappa shape index (κ2) is 6.54. The monoisotopic (exact) mass is 340 g/mol. The fraction of sp³-hybridized carbons (Fsp3) is 0.571. The number of rotatable bonds is 4. The zero-order valence-corrected chi connectivity index (χ0v) is 13.3. The largest absolute Gasteiger partial charge is 0.365 e. The highest BCUT2D eigenvalue weighted by atomic mass is 79.9. The van der Waals surface area contributed by atoms with E-state index in [-0.39, 0.29) is 11.6 Å². The van der Waals surface area contributed by atoms with Crippen LogP contribution in [0.5, 0.6) is 0 Å². The van der Waals surface area contributed by atoms with Crippen LogP contribution in [0.1, 0.15) is 19.8 Å². The van der Waals surface area contributed by atoms with E-state index in [1.54, 1.807) is 12.3 Å². The molecule has 1 aliphatic heterocycles. The zero-order valence-electron chi connectivity index (χ0n) is 11.8. The first-order valence-electron chi connectivity index (χ1n) is 6.91. The lowest BCUT2D eigenvalue weighted by atomic mass is 9.92. The Morgan fingerprint density at radius 3 is 3.05 bits per heavy atom. The lowest BCUT2D eigenvalue weighted by molar-refractivity contribution is 0.366. The van der Waals surface area contributed by atoms with Crippen molar-refractivity contribution in [2.75, 3.05) is 18.0 Å².